The minimum atomic E-state index is -0.848. The lowest BCUT2D eigenvalue weighted by atomic mass is 10.1. The Morgan fingerprint density at radius 2 is 2.24 bits per heavy atom. The third-order valence-corrected chi connectivity index (χ3v) is 2.21. The molecule has 94 valence electrons. The van der Waals surface area contributed by atoms with Gasteiger partial charge in [0.2, 0.25) is 0 Å². The molecule has 0 amide bonds. The number of benzene rings is 1. The molecule has 0 bridgehead atoms. The van der Waals surface area contributed by atoms with Gasteiger partial charge in [0, 0.05) is 30.7 Å². The molecule has 0 aliphatic carbocycles. The lowest BCUT2D eigenvalue weighted by Crippen LogP contribution is -2.04. The highest BCUT2D eigenvalue weighted by atomic mass is 16.6. The van der Waals surface area contributed by atoms with E-state index >= 15 is 0 Å². The molecule has 0 radical (unpaired) electrons. The number of nitrogens with zero attached hydrogens (tertiary/aromatic N) is 1. The van der Waals surface area contributed by atoms with Gasteiger partial charge >= 0.3 is 0 Å². The minimum absolute atomic E-state index is 0.0109. The first kappa shape index (κ1) is 13.4. The SMILES string of the molecule is C[C@H](O)c1cc([N+](=O)[O-])ccc1OCCCO. The van der Waals surface area contributed by atoms with Crippen LogP contribution in [0.1, 0.15) is 25.0 Å². The molecule has 1 aromatic carbocycles. The van der Waals surface area contributed by atoms with Gasteiger partial charge in [0.25, 0.3) is 5.69 Å². The molecule has 1 atom stereocenters. The van der Waals surface area contributed by atoms with Gasteiger partial charge in [-0.3, -0.25) is 10.1 Å². The van der Waals surface area contributed by atoms with E-state index in [1.54, 1.807) is 0 Å². The first-order chi connectivity index (χ1) is 8.06. The van der Waals surface area contributed by atoms with E-state index in [2.05, 4.69) is 0 Å². The Morgan fingerprint density at radius 1 is 1.53 bits per heavy atom. The predicted molar refractivity (Wildman–Crippen MR) is 60.9 cm³/mol. The number of hydrogen-bond donors (Lipinski definition) is 2. The number of nitro groups is 1. The number of non-ortho nitro benzene ring substituents is 1. The zero-order valence-electron chi connectivity index (χ0n) is 9.50. The van der Waals surface area contributed by atoms with Crippen LogP contribution >= 0.6 is 0 Å². The van der Waals surface area contributed by atoms with Gasteiger partial charge in [0.05, 0.1) is 17.6 Å². The molecule has 6 heteroatoms. The second kappa shape index (κ2) is 6.17. The van der Waals surface area contributed by atoms with Gasteiger partial charge in [-0.25, -0.2) is 0 Å². The van der Waals surface area contributed by atoms with Crippen molar-refractivity contribution >= 4 is 5.69 Å². The number of aliphatic hydroxyl groups is 2. The first-order valence-electron chi connectivity index (χ1n) is 5.26. The summed E-state index contributed by atoms with van der Waals surface area (Å²) in [7, 11) is 0. The molecule has 0 aliphatic heterocycles. The van der Waals surface area contributed by atoms with Gasteiger partial charge < -0.3 is 14.9 Å². The van der Waals surface area contributed by atoms with Gasteiger partial charge in [-0.2, -0.15) is 0 Å². The topological polar surface area (TPSA) is 92.8 Å². The molecule has 1 rings (SSSR count). The summed E-state index contributed by atoms with van der Waals surface area (Å²) >= 11 is 0. The van der Waals surface area contributed by atoms with Crippen molar-refractivity contribution in [1.82, 2.24) is 0 Å². The molecule has 0 aliphatic rings. The van der Waals surface area contributed by atoms with E-state index < -0.39 is 11.0 Å². The number of aliphatic hydroxyl groups excluding tert-OH is 2. The monoisotopic (exact) mass is 241 g/mol. The molecule has 0 saturated heterocycles. The first-order valence-corrected chi connectivity index (χ1v) is 5.26. The van der Waals surface area contributed by atoms with Gasteiger partial charge in [-0.1, -0.05) is 0 Å². The summed E-state index contributed by atoms with van der Waals surface area (Å²) in [4.78, 5) is 10.1. The average Bonchev–Trinajstić information content (AvgIpc) is 2.29. The van der Waals surface area contributed by atoms with Crippen molar-refractivity contribution in [1.29, 1.82) is 0 Å². The highest BCUT2D eigenvalue weighted by molar-refractivity contribution is 5.44. The molecule has 0 fully saturated rings. The molecule has 6 nitrogen and oxygen atoms in total. The summed E-state index contributed by atoms with van der Waals surface area (Å²) in [6.45, 7) is 1.82. The van der Waals surface area contributed by atoms with Crippen LogP contribution in [-0.2, 0) is 0 Å². The van der Waals surface area contributed by atoms with Crippen molar-refractivity contribution in [2.24, 2.45) is 0 Å². The maximum absolute atomic E-state index is 10.6. The fraction of sp³-hybridized carbons (Fsp3) is 0.455. The molecule has 0 unspecified atom stereocenters. The molecule has 0 heterocycles. The van der Waals surface area contributed by atoms with E-state index in [0.29, 0.717) is 24.3 Å². The van der Waals surface area contributed by atoms with Crippen molar-refractivity contribution in [3.05, 3.63) is 33.9 Å². The van der Waals surface area contributed by atoms with Crippen molar-refractivity contribution < 1.29 is 19.9 Å². The molecule has 0 spiro atoms. The second-order valence-electron chi connectivity index (χ2n) is 3.58. The lowest BCUT2D eigenvalue weighted by Gasteiger charge is -2.12. The number of nitro benzene ring substituents is 1. The van der Waals surface area contributed by atoms with E-state index in [0.717, 1.165) is 0 Å². The molecule has 0 aromatic heterocycles. The van der Waals surface area contributed by atoms with Gasteiger partial charge in [-0.15, -0.1) is 0 Å². The van der Waals surface area contributed by atoms with E-state index in [1.165, 1.54) is 25.1 Å². The summed E-state index contributed by atoms with van der Waals surface area (Å²) in [5.41, 5.74) is 0.285. The highest BCUT2D eigenvalue weighted by Crippen LogP contribution is 2.29. The number of hydrogen-bond acceptors (Lipinski definition) is 5. The highest BCUT2D eigenvalue weighted by Gasteiger charge is 2.15. The van der Waals surface area contributed by atoms with Gasteiger partial charge in [0.1, 0.15) is 5.75 Å². The summed E-state index contributed by atoms with van der Waals surface area (Å²) in [6.07, 6.45) is -0.380. The molecule has 17 heavy (non-hydrogen) atoms. The molecular formula is C11H15NO5. The summed E-state index contributed by atoms with van der Waals surface area (Å²) in [6, 6.07) is 4.07. The maximum Gasteiger partial charge on any atom is 0.270 e. The summed E-state index contributed by atoms with van der Waals surface area (Å²) in [5.74, 6) is 0.402. The zero-order chi connectivity index (χ0) is 12.8. The Balaban J connectivity index is 2.92. The maximum atomic E-state index is 10.6. The van der Waals surface area contributed by atoms with E-state index in [-0.39, 0.29) is 12.3 Å². The summed E-state index contributed by atoms with van der Waals surface area (Å²) < 4.78 is 5.33. The molecular weight excluding hydrogens is 226 g/mol. The fourth-order valence-electron chi connectivity index (χ4n) is 1.35. The van der Waals surface area contributed by atoms with Crippen LogP contribution in [0.15, 0.2) is 18.2 Å². The van der Waals surface area contributed by atoms with Gasteiger partial charge in [0.15, 0.2) is 0 Å². The van der Waals surface area contributed by atoms with Crippen molar-refractivity contribution in [3.8, 4) is 5.75 Å². The Bertz CT molecular complexity index is 391. The van der Waals surface area contributed by atoms with Crippen LogP contribution in [0.2, 0.25) is 0 Å². The fourth-order valence-corrected chi connectivity index (χ4v) is 1.35. The van der Waals surface area contributed by atoms with Crippen molar-refractivity contribution in [3.63, 3.8) is 0 Å². The van der Waals surface area contributed by atoms with Crippen LogP contribution in [0.25, 0.3) is 0 Å². The Labute approximate surface area is 98.6 Å². The Hall–Kier alpha value is -1.66. The number of rotatable bonds is 6. The van der Waals surface area contributed by atoms with Crippen molar-refractivity contribution in [2.45, 2.75) is 19.4 Å². The standard InChI is InChI=1S/C11H15NO5/c1-8(14)10-7-9(12(15)16)3-4-11(10)17-6-2-5-13/h3-4,7-8,13-14H,2,5-6H2,1H3/t8-/m0/s1. The van der Waals surface area contributed by atoms with Crippen LogP contribution in [0.5, 0.6) is 5.75 Å². The summed E-state index contributed by atoms with van der Waals surface area (Å²) in [5, 5.41) is 28.7. The third kappa shape index (κ3) is 3.69. The molecule has 0 saturated carbocycles. The molecule has 2 N–H and O–H groups in total. The van der Waals surface area contributed by atoms with E-state index in [4.69, 9.17) is 9.84 Å². The Morgan fingerprint density at radius 3 is 2.76 bits per heavy atom. The lowest BCUT2D eigenvalue weighted by molar-refractivity contribution is -0.385. The largest absolute Gasteiger partial charge is 0.493 e. The van der Waals surface area contributed by atoms with Crippen LogP contribution < -0.4 is 4.74 Å². The van der Waals surface area contributed by atoms with Crippen LogP contribution in [-0.4, -0.2) is 28.4 Å². The average molecular weight is 241 g/mol. The number of ether oxygens (including phenoxy) is 1. The van der Waals surface area contributed by atoms with E-state index in [9.17, 15) is 15.2 Å². The van der Waals surface area contributed by atoms with Crippen molar-refractivity contribution in [2.75, 3.05) is 13.2 Å². The Kier molecular flexibility index (Phi) is 4.86. The van der Waals surface area contributed by atoms with Gasteiger partial charge in [-0.05, 0) is 13.0 Å². The van der Waals surface area contributed by atoms with Crippen LogP contribution in [0.4, 0.5) is 5.69 Å². The van der Waals surface area contributed by atoms with Crippen LogP contribution in [0.3, 0.4) is 0 Å². The molecule has 1 aromatic rings. The third-order valence-electron chi connectivity index (χ3n) is 2.21. The predicted octanol–water partition coefficient (Wildman–Crippen LogP) is 1.41. The zero-order valence-corrected chi connectivity index (χ0v) is 9.50. The smallest absolute Gasteiger partial charge is 0.270 e. The quantitative estimate of drug-likeness (QED) is 0.446. The second-order valence-corrected chi connectivity index (χ2v) is 3.58. The van der Waals surface area contributed by atoms with Crippen LogP contribution in [0, 0.1) is 10.1 Å². The normalized spacial score (nSPS) is 12.2. The van der Waals surface area contributed by atoms with E-state index in [1.807, 2.05) is 0 Å². The minimum Gasteiger partial charge on any atom is -0.493 e.